The second kappa shape index (κ2) is 6.28. The van der Waals surface area contributed by atoms with E-state index in [-0.39, 0.29) is 24.8 Å². The maximum atomic E-state index is 12.4. The molecule has 0 spiro atoms. The molecule has 2 unspecified atom stereocenters. The highest BCUT2D eigenvalue weighted by Gasteiger charge is 2.35. The van der Waals surface area contributed by atoms with E-state index in [2.05, 4.69) is 0 Å². The van der Waals surface area contributed by atoms with Gasteiger partial charge in [-0.1, -0.05) is 24.3 Å². The van der Waals surface area contributed by atoms with E-state index in [9.17, 15) is 4.79 Å². The van der Waals surface area contributed by atoms with Gasteiger partial charge in [0.05, 0.1) is 11.0 Å². The van der Waals surface area contributed by atoms with Crippen molar-refractivity contribution >= 4 is 17.2 Å². The highest BCUT2D eigenvalue weighted by molar-refractivity contribution is 7.10. The van der Waals surface area contributed by atoms with Gasteiger partial charge in [0.2, 0.25) is 0 Å². The molecule has 1 aromatic heterocycles. The van der Waals surface area contributed by atoms with Gasteiger partial charge in [-0.2, -0.15) is 0 Å². The Kier molecular flexibility index (Phi) is 4.22. The minimum atomic E-state index is -0.285. The fourth-order valence-electron chi connectivity index (χ4n) is 2.34. The van der Waals surface area contributed by atoms with Crippen LogP contribution >= 0.6 is 11.3 Å². The Hall–Kier alpha value is -1.85. The topological polar surface area (TPSA) is 38.8 Å². The van der Waals surface area contributed by atoms with Crippen molar-refractivity contribution in [2.75, 3.05) is 13.2 Å². The lowest BCUT2D eigenvalue weighted by atomic mass is 10.3. The third-order valence-electron chi connectivity index (χ3n) is 3.31. The minimum absolute atomic E-state index is 0.0297. The van der Waals surface area contributed by atoms with Crippen molar-refractivity contribution in [3.05, 3.63) is 52.7 Å². The van der Waals surface area contributed by atoms with Gasteiger partial charge < -0.3 is 14.4 Å². The molecule has 1 aliphatic heterocycles. The molecule has 2 aromatic rings. The van der Waals surface area contributed by atoms with Crippen LogP contribution in [0.5, 0.6) is 5.75 Å². The molecule has 1 saturated heterocycles. The number of hydrogen-bond acceptors (Lipinski definition) is 4. The first kappa shape index (κ1) is 14.1. The summed E-state index contributed by atoms with van der Waals surface area (Å²) in [6.07, 6.45) is -0.246. The smallest absolute Gasteiger partial charge is 0.262 e. The van der Waals surface area contributed by atoms with Crippen LogP contribution in [0.1, 0.15) is 18.0 Å². The lowest BCUT2D eigenvalue weighted by Crippen LogP contribution is -2.35. The van der Waals surface area contributed by atoms with Gasteiger partial charge in [0.1, 0.15) is 5.75 Å². The second-order valence-electron chi connectivity index (χ2n) is 4.96. The monoisotopic (exact) mass is 303 g/mol. The van der Waals surface area contributed by atoms with E-state index in [0.717, 1.165) is 4.88 Å². The summed E-state index contributed by atoms with van der Waals surface area (Å²) in [6.45, 7) is 2.60. The lowest BCUT2D eigenvalue weighted by Gasteiger charge is -2.22. The SMILES string of the molecule is CC1CN(C(=O)COc2ccccc2)C(c2cccs2)O1. The van der Waals surface area contributed by atoms with Crippen LogP contribution in [-0.2, 0) is 9.53 Å². The quantitative estimate of drug-likeness (QED) is 0.871. The fraction of sp³-hybridized carbons (Fsp3) is 0.312. The fourth-order valence-corrected chi connectivity index (χ4v) is 3.11. The molecule has 4 nitrogen and oxygen atoms in total. The van der Waals surface area contributed by atoms with Gasteiger partial charge in [-0.3, -0.25) is 4.79 Å². The Bertz CT molecular complexity index is 585. The second-order valence-corrected chi connectivity index (χ2v) is 5.94. The number of carbonyl (C=O) groups excluding carboxylic acids is 1. The predicted molar refractivity (Wildman–Crippen MR) is 81.3 cm³/mol. The van der Waals surface area contributed by atoms with E-state index in [1.54, 1.807) is 16.2 Å². The Morgan fingerprint density at radius 3 is 2.86 bits per heavy atom. The van der Waals surface area contributed by atoms with Crippen LogP contribution in [0.3, 0.4) is 0 Å². The number of hydrogen-bond donors (Lipinski definition) is 0. The first-order chi connectivity index (χ1) is 10.2. The van der Waals surface area contributed by atoms with Gasteiger partial charge >= 0.3 is 0 Å². The van der Waals surface area contributed by atoms with Gasteiger partial charge in [-0.05, 0) is 30.5 Å². The Labute approximate surface area is 127 Å². The third-order valence-corrected chi connectivity index (χ3v) is 4.21. The van der Waals surface area contributed by atoms with E-state index in [4.69, 9.17) is 9.47 Å². The molecular weight excluding hydrogens is 286 g/mol. The van der Waals surface area contributed by atoms with Crippen LogP contribution in [-0.4, -0.2) is 30.1 Å². The molecule has 0 radical (unpaired) electrons. The molecule has 110 valence electrons. The number of ether oxygens (including phenoxy) is 2. The number of carbonyl (C=O) groups is 1. The van der Waals surface area contributed by atoms with E-state index in [1.165, 1.54) is 0 Å². The van der Waals surface area contributed by atoms with Crippen LogP contribution in [0.2, 0.25) is 0 Å². The summed E-state index contributed by atoms with van der Waals surface area (Å²) < 4.78 is 11.4. The summed E-state index contributed by atoms with van der Waals surface area (Å²) in [5.74, 6) is 0.647. The van der Waals surface area contributed by atoms with Crippen LogP contribution < -0.4 is 4.74 Å². The maximum absolute atomic E-state index is 12.4. The van der Waals surface area contributed by atoms with Gasteiger partial charge in [0, 0.05) is 6.54 Å². The van der Waals surface area contributed by atoms with E-state index < -0.39 is 0 Å². The molecule has 1 amide bonds. The average molecular weight is 303 g/mol. The van der Waals surface area contributed by atoms with Crippen LogP contribution in [0.15, 0.2) is 47.8 Å². The van der Waals surface area contributed by atoms with Crippen molar-refractivity contribution in [2.24, 2.45) is 0 Å². The molecule has 0 bridgehead atoms. The number of amides is 1. The molecule has 1 aliphatic rings. The number of benzene rings is 1. The molecule has 2 heterocycles. The van der Waals surface area contributed by atoms with Gasteiger partial charge in [-0.15, -0.1) is 11.3 Å². The predicted octanol–water partition coefficient (Wildman–Crippen LogP) is 3.07. The molecule has 1 aromatic carbocycles. The Morgan fingerprint density at radius 1 is 1.33 bits per heavy atom. The highest BCUT2D eigenvalue weighted by Crippen LogP contribution is 2.32. The van der Waals surface area contributed by atoms with Gasteiger partial charge in [0.25, 0.3) is 5.91 Å². The summed E-state index contributed by atoms with van der Waals surface area (Å²) in [4.78, 5) is 15.2. The molecule has 21 heavy (non-hydrogen) atoms. The standard InChI is InChI=1S/C16H17NO3S/c1-12-10-17(16(20-12)14-8-5-9-21-14)15(18)11-19-13-6-3-2-4-7-13/h2-9,12,16H,10-11H2,1H3. The first-order valence-corrected chi connectivity index (χ1v) is 7.78. The zero-order valence-corrected chi connectivity index (χ0v) is 12.6. The molecule has 5 heteroatoms. The van der Waals surface area contributed by atoms with Crippen molar-refractivity contribution < 1.29 is 14.3 Å². The van der Waals surface area contributed by atoms with Crippen LogP contribution in [0, 0.1) is 0 Å². The summed E-state index contributed by atoms with van der Waals surface area (Å²) in [5, 5.41) is 1.99. The zero-order valence-electron chi connectivity index (χ0n) is 11.8. The number of rotatable bonds is 4. The third kappa shape index (κ3) is 3.25. The first-order valence-electron chi connectivity index (χ1n) is 6.90. The number of para-hydroxylation sites is 1. The van der Waals surface area contributed by atoms with E-state index >= 15 is 0 Å². The van der Waals surface area contributed by atoms with Crippen molar-refractivity contribution in [3.63, 3.8) is 0 Å². The summed E-state index contributed by atoms with van der Waals surface area (Å²) in [7, 11) is 0. The molecule has 1 fully saturated rings. The van der Waals surface area contributed by atoms with E-state index in [1.807, 2.05) is 54.8 Å². The van der Waals surface area contributed by atoms with Gasteiger partial charge in [0.15, 0.2) is 12.8 Å². The average Bonchev–Trinajstić information content (AvgIpc) is 3.14. The minimum Gasteiger partial charge on any atom is -0.484 e. The van der Waals surface area contributed by atoms with Crippen LogP contribution in [0.25, 0.3) is 0 Å². The van der Waals surface area contributed by atoms with Crippen molar-refractivity contribution in [1.29, 1.82) is 0 Å². The van der Waals surface area contributed by atoms with Crippen molar-refractivity contribution in [2.45, 2.75) is 19.3 Å². The van der Waals surface area contributed by atoms with Gasteiger partial charge in [-0.25, -0.2) is 0 Å². The van der Waals surface area contributed by atoms with Crippen LogP contribution in [0.4, 0.5) is 0 Å². The lowest BCUT2D eigenvalue weighted by molar-refractivity contribution is -0.138. The zero-order chi connectivity index (χ0) is 14.7. The summed E-state index contributed by atoms with van der Waals surface area (Å²) in [5.41, 5.74) is 0. The molecular formula is C16H17NO3S. The molecule has 0 N–H and O–H groups in total. The van der Waals surface area contributed by atoms with E-state index in [0.29, 0.717) is 12.3 Å². The Morgan fingerprint density at radius 2 is 2.14 bits per heavy atom. The molecule has 0 saturated carbocycles. The number of nitrogens with zero attached hydrogens (tertiary/aromatic N) is 1. The highest BCUT2D eigenvalue weighted by atomic mass is 32.1. The molecule has 0 aliphatic carbocycles. The number of thiophene rings is 1. The maximum Gasteiger partial charge on any atom is 0.262 e. The largest absolute Gasteiger partial charge is 0.484 e. The molecule has 2 atom stereocenters. The van der Waals surface area contributed by atoms with Crippen molar-refractivity contribution in [3.8, 4) is 5.75 Å². The summed E-state index contributed by atoms with van der Waals surface area (Å²) in [6, 6.07) is 13.3. The molecule has 3 rings (SSSR count). The summed E-state index contributed by atoms with van der Waals surface area (Å²) >= 11 is 1.60. The Balaban J connectivity index is 1.65. The normalized spacial score (nSPS) is 21.5. The van der Waals surface area contributed by atoms with Crippen molar-refractivity contribution in [1.82, 2.24) is 4.90 Å².